The first-order valence-electron chi connectivity index (χ1n) is 9.19. The molecule has 0 aliphatic carbocycles. The van der Waals surface area contributed by atoms with Crippen LogP contribution in [0.4, 0.5) is 13.2 Å². The number of benzene rings is 1. The summed E-state index contributed by atoms with van der Waals surface area (Å²) in [6.07, 6.45) is -1.46. The quantitative estimate of drug-likeness (QED) is 0.746. The zero-order valence-electron chi connectivity index (χ0n) is 15.4. The molecule has 1 N–H and O–H groups in total. The third kappa shape index (κ3) is 4.30. The van der Waals surface area contributed by atoms with E-state index in [1.165, 1.54) is 30.5 Å². The van der Waals surface area contributed by atoms with Crippen LogP contribution in [0.25, 0.3) is 0 Å². The molecule has 29 heavy (non-hydrogen) atoms. The molecule has 2 unspecified atom stereocenters. The topological polar surface area (TPSA) is 77.5 Å². The van der Waals surface area contributed by atoms with Crippen LogP contribution in [0.15, 0.2) is 47.5 Å². The van der Waals surface area contributed by atoms with Crippen LogP contribution in [0, 0.1) is 0 Å². The number of nitrogens with zero attached hydrogens (tertiary/aromatic N) is 2. The van der Waals surface area contributed by atoms with Gasteiger partial charge < -0.3 is 9.29 Å². The molecule has 1 saturated heterocycles. The Balaban J connectivity index is 1.52. The van der Waals surface area contributed by atoms with Crippen LogP contribution >= 0.6 is 0 Å². The van der Waals surface area contributed by atoms with Crippen LogP contribution in [0.5, 0.6) is 5.88 Å². The number of nitrogens with one attached hydrogen (secondary N) is 1. The summed E-state index contributed by atoms with van der Waals surface area (Å²) in [6, 6.07) is 8.08. The molecule has 3 heterocycles. The molecule has 6 nitrogen and oxygen atoms in total. The molecule has 0 bridgehead atoms. The standard InChI is InChI=1S/C19H20F3N3O3S/c20-19(21,22)15-6-4-14(5-7-15)11-25-10-2-8-18(13-25)12-24-29(26,27)16-3-1-9-23-17(16)28-18/h1,3-7,9H,2,8,10-13H2,(H-,24,26,27). The number of pyridine rings is 1. The number of aromatic nitrogens is 1. The minimum atomic E-state index is -4.36. The molecule has 1 spiro atoms. The number of likely N-dealkylation sites (tertiary alicyclic amines) is 1. The van der Waals surface area contributed by atoms with E-state index in [-0.39, 0.29) is 17.3 Å². The minimum Gasteiger partial charge on any atom is -0.593 e. The van der Waals surface area contributed by atoms with Gasteiger partial charge in [-0.3, -0.25) is 4.90 Å². The molecule has 156 valence electrons. The van der Waals surface area contributed by atoms with Crippen molar-refractivity contribution in [1.82, 2.24) is 14.6 Å². The van der Waals surface area contributed by atoms with Crippen molar-refractivity contribution in [3.8, 4) is 5.88 Å². The summed E-state index contributed by atoms with van der Waals surface area (Å²) in [4.78, 5) is 6.17. The number of halogens is 3. The molecule has 1 fully saturated rings. The monoisotopic (exact) mass is 427 g/mol. The van der Waals surface area contributed by atoms with E-state index in [2.05, 4.69) is 14.6 Å². The summed E-state index contributed by atoms with van der Waals surface area (Å²) in [5.41, 5.74) is -0.708. The van der Waals surface area contributed by atoms with Gasteiger partial charge in [-0.05, 0) is 43.1 Å². The van der Waals surface area contributed by atoms with E-state index < -0.39 is 27.7 Å². The molecule has 2 aliphatic heterocycles. The largest absolute Gasteiger partial charge is 0.593 e. The summed E-state index contributed by atoms with van der Waals surface area (Å²) < 4.78 is 71.9. The molecule has 1 aromatic carbocycles. The Morgan fingerprint density at radius 1 is 1.28 bits per heavy atom. The summed E-state index contributed by atoms with van der Waals surface area (Å²) in [7, 11) is -3.71. The fourth-order valence-electron chi connectivity index (χ4n) is 3.81. The summed E-state index contributed by atoms with van der Waals surface area (Å²) in [5.74, 6) is 0.0777. The predicted molar refractivity (Wildman–Crippen MR) is 98.6 cm³/mol. The molecule has 2 atom stereocenters. The van der Waals surface area contributed by atoms with Gasteiger partial charge in [-0.15, -0.1) is 4.72 Å². The smallest absolute Gasteiger partial charge is 0.416 e. The summed E-state index contributed by atoms with van der Waals surface area (Å²) in [5, 5.41) is 0. The maximum absolute atomic E-state index is 12.8. The highest BCUT2D eigenvalue weighted by Gasteiger charge is 2.45. The average molecular weight is 427 g/mol. The normalized spacial score (nSPS) is 27.9. The second kappa shape index (κ2) is 7.35. The van der Waals surface area contributed by atoms with Crippen LogP contribution in [0.1, 0.15) is 24.0 Å². The van der Waals surface area contributed by atoms with Gasteiger partial charge in [0.1, 0.15) is 5.60 Å². The second-order valence-electron chi connectivity index (χ2n) is 7.43. The van der Waals surface area contributed by atoms with E-state index in [9.17, 15) is 21.9 Å². The number of fused-ring (bicyclic) bond motifs is 1. The molecule has 1 aromatic heterocycles. The first-order valence-corrected chi connectivity index (χ1v) is 10.7. The van der Waals surface area contributed by atoms with E-state index >= 15 is 0 Å². The first kappa shape index (κ1) is 20.3. The molecule has 4 rings (SSSR count). The van der Waals surface area contributed by atoms with Crippen molar-refractivity contribution < 1.29 is 26.7 Å². The fourth-order valence-corrected chi connectivity index (χ4v) is 5.00. The molecular formula is C19H20F3N3O3S. The number of hydrogen-bond donors (Lipinski definition) is 1. The first-order chi connectivity index (χ1) is 13.7. The maximum atomic E-state index is 12.8. The Kier molecular flexibility index (Phi) is 5.14. The van der Waals surface area contributed by atoms with Crippen molar-refractivity contribution in [2.75, 3.05) is 19.6 Å². The van der Waals surface area contributed by atoms with Crippen LogP contribution in [-0.2, 0) is 27.3 Å². The van der Waals surface area contributed by atoms with Crippen molar-refractivity contribution in [2.24, 2.45) is 0 Å². The number of ether oxygens (including phenoxy) is 1. The van der Waals surface area contributed by atoms with Crippen molar-refractivity contribution in [3.05, 3.63) is 53.7 Å². The number of sulfonamides is 1. The van der Waals surface area contributed by atoms with E-state index in [1.807, 2.05) is 0 Å². The third-order valence-electron chi connectivity index (χ3n) is 5.23. The number of hydrogen-bond acceptors (Lipinski definition) is 5. The van der Waals surface area contributed by atoms with E-state index in [1.54, 1.807) is 0 Å². The minimum absolute atomic E-state index is 0.0109. The highest BCUT2D eigenvalue weighted by atomic mass is 32.3. The van der Waals surface area contributed by atoms with E-state index in [4.69, 9.17) is 4.74 Å². The number of piperidine rings is 1. The van der Waals surface area contributed by atoms with Crippen LogP contribution in [0.3, 0.4) is 0 Å². The molecule has 0 saturated carbocycles. The van der Waals surface area contributed by atoms with Crippen LogP contribution < -0.4 is 9.46 Å². The predicted octanol–water partition coefficient (Wildman–Crippen LogP) is 3.02. The van der Waals surface area contributed by atoms with Gasteiger partial charge in [-0.25, -0.2) is 4.98 Å². The van der Waals surface area contributed by atoms with Gasteiger partial charge in [0.05, 0.1) is 12.1 Å². The lowest BCUT2D eigenvalue weighted by Gasteiger charge is -2.41. The third-order valence-corrected chi connectivity index (χ3v) is 6.64. The molecule has 0 amide bonds. The number of rotatable bonds is 2. The maximum Gasteiger partial charge on any atom is 0.416 e. The highest BCUT2D eigenvalue weighted by Crippen LogP contribution is 2.35. The Hall–Kier alpha value is -2.01. The van der Waals surface area contributed by atoms with Gasteiger partial charge in [-0.2, -0.15) is 13.2 Å². The molecule has 2 aromatic rings. The summed E-state index contributed by atoms with van der Waals surface area (Å²) >= 11 is 0. The Bertz CT molecular complexity index is 938. The Labute approximate surface area is 167 Å². The van der Waals surface area contributed by atoms with Crippen molar-refractivity contribution in [3.63, 3.8) is 0 Å². The lowest BCUT2D eigenvalue weighted by atomic mass is 9.92. The SMILES string of the molecule is O=[S+]1([O-])NCC2(CCCN(Cc3ccc(C(F)(F)F)cc3)C2)Oc2ncccc21. The molecule has 2 aliphatic rings. The van der Waals surface area contributed by atoms with Gasteiger partial charge >= 0.3 is 6.18 Å². The zero-order valence-corrected chi connectivity index (χ0v) is 16.3. The van der Waals surface area contributed by atoms with Crippen molar-refractivity contribution in [1.29, 1.82) is 0 Å². The highest BCUT2D eigenvalue weighted by molar-refractivity contribution is 7.95. The van der Waals surface area contributed by atoms with Gasteiger partial charge in [-0.1, -0.05) is 16.3 Å². The average Bonchev–Trinajstić information content (AvgIpc) is 2.77. The van der Waals surface area contributed by atoms with E-state index in [0.29, 0.717) is 19.5 Å². The molecule has 0 radical (unpaired) electrons. The van der Waals surface area contributed by atoms with Crippen LogP contribution in [0.2, 0.25) is 0 Å². The number of alkyl halides is 3. The van der Waals surface area contributed by atoms with Gasteiger partial charge in [0.15, 0.2) is 10.4 Å². The molecular weight excluding hydrogens is 407 g/mol. The Morgan fingerprint density at radius 3 is 2.76 bits per heavy atom. The van der Waals surface area contributed by atoms with Crippen LogP contribution in [-0.4, -0.2) is 39.7 Å². The van der Waals surface area contributed by atoms with Crippen molar-refractivity contribution >= 4 is 10.4 Å². The van der Waals surface area contributed by atoms with Crippen molar-refractivity contribution in [2.45, 2.75) is 36.1 Å². The van der Waals surface area contributed by atoms with Gasteiger partial charge in [0, 0.05) is 25.4 Å². The molecule has 10 heteroatoms. The summed E-state index contributed by atoms with van der Waals surface area (Å²) in [6.45, 7) is 1.74. The van der Waals surface area contributed by atoms with Gasteiger partial charge in [0.2, 0.25) is 4.90 Å². The lowest BCUT2D eigenvalue weighted by molar-refractivity contribution is -0.137. The lowest BCUT2D eigenvalue weighted by Crippen LogP contribution is -2.56. The Morgan fingerprint density at radius 2 is 2.03 bits per heavy atom. The van der Waals surface area contributed by atoms with Gasteiger partial charge in [0.25, 0.3) is 5.88 Å². The second-order valence-corrected chi connectivity index (χ2v) is 9.16. The van der Waals surface area contributed by atoms with E-state index in [0.717, 1.165) is 30.7 Å². The zero-order chi connectivity index (χ0) is 20.7. The fraction of sp³-hybridized carbons (Fsp3) is 0.421.